The van der Waals surface area contributed by atoms with E-state index in [9.17, 15) is 0 Å². The summed E-state index contributed by atoms with van der Waals surface area (Å²) in [5, 5.41) is 10.9. The topological polar surface area (TPSA) is 55.6 Å². The van der Waals surface area contributed by atoms with Gasteiger partial charge in [-0.15, -0.1) is 11.3 Å². The number of hydrogen-bond acceptors (Lipinski definition) is 5. The molecule has 0 unspecified atom stereocenters. The number of aromatic nitrogens is 4. The van der Waals surface area contributed by atoms with Gasteiger partial charge in [-0.2, -0.15) is 5.10 Å². The first kappa shape index (κ1) is 14.0. The fourth-order valence-corrected chi connectivity index (χ4v) is 3.19. The molecule has 0 bridgehead atoms. The molecule has 0 aliphatic rings. The van der Waals surface area contributed by atoms with Gasteiger partial charge in [-0.25, -0.2) is 9.97 Å². The normalized spacial score (nSPS) is 12.7. The lowest BCUT2D eigenvalue weighted by Crippen LogP contribution is -2.19. The summed E-state index contributed by atoms with van der Waals surface area (Å²) in [6.07, 6.45) is 3.63. The van der Waals surface area contributed by atoms with Crippen LogP contribution in [-0.4, -0.2) is 25.8 Å². The Morgan fingerprint density at radius 3 is 2.95 bits per heavy atom. The molecule has 1 atom stereocenters. The van der Waals surface area contributed by atoms with Gasteiger partial charge in [-0.3, -0.25) is 4.68 Å². The zero-order valence-corrected chi connectivity index (χ0v) is 13.3. The zero-order valence-electron chi connectivity index (χ0n) is 12.5. The highest BCUT2D eigenvalue weighted by atomic mass is 32.1. The SMILES string of the molecule is CCc1nc(N[C@H](C)Cc2cccs2)c2cnn(C)c2n1. The van der Waals surface area contributed by atoms with E-state index in [1.165, 1.54) is 4.88 Å². The lowest BCUT2D eigenvalue weighted by Gasteiger charge is -2.15. The number of nitrogens with one attached hydrogen (secondary N) is 1. The molecule has 21 heavy (non-hydrogen) atoms. The predicted molar refractivity (Wildman–Crippen MR) is 86.8 cm³/mol. The van der Waals surface area contributed by atoms with Gasteiger partial charge >= 0.3 is 0 Å². The van der Waals surface area contributed by atoms with Crippen LogP contribution in [-0.2, 0) is 19.9 Å². The molecule has 0 amide bonds. The molecular weight excluding hydrogens is 282 g/mol. The van der Waals surface area contributed by atoms with Crippen molar-refractivity contribution >= 4 is 28.2 Å². The van der Waals surface area contributed by atoms with Gasteiger partial charge in [0.1, 0.15) is 11.6 Å². The van der Waals surface area contributed by atoms with Crippen LogP contribution in [0.4, 0.5) is 5.82 Å². The molecule has 3 heterocycles. The molecule has 0 spiro atoms. The maximum atomic E-state index is 4.63. The van der Waals surface area contributed by atoms with E-state index < -0.39 is 0 Å². The fraction of sp³-hybridized carbons (Fsp3) is 0.400. The van der Waals surface area contributed by atoms with E-state index in [0.29, 0.717) is 6.04 Å². The van der Waals surface area contributed by atoms with Crippen LogP contribution in [0.1, 0.15) is 24.5 Å². The Balaban J connectivity index is 1.88. The van der Waals surface area contributed by atoms with Crippen molar-refractivity contribution in [1.29, 1.82) is 0 Å². The molecule has 3 aromatic rings. The van der Waals surface area contributed by atoms with Gasteiger partial charge in [0, 0.05) is 30.8 Å². The zero-order chi connectivity index (χ0) is 14.8. The fourth-order valence-electron chi connectivity index (χ4n) is 2.35. The first-order valence-corrected chi connectivity index (χ1v) is 8.03. The van der Waals surface area contributed by atoms with E-state index in [1.54, 1.807) is 16.0 Å². The molecule has 0 saturated carbocycles. The van der Waals surface area contributed by atoms with E-state index in [-0.39, 0.29) is 0 Å². The van der Waals surface area contributed by atoms with Crippen molar-refractivity contribution in [2.45, 2.75) is 32.7 Å². The second kappa shape index (κ2) is 5.81. The van der Waals surface area contributed by atoms with Gasteiger partial charge in [-0.1, -0.05) is 13.0 Å². The van der Waals surface area contributed by atoms with E-state index in [4.69, 9.17) is 0 Å². The van der Waals surface area contributed by atoms with Crippen LogP contribution in [0.15, 0.2) is 23.7 Å². The van der Waals surface area contributed by atoms with E-state index in [0.717, 1.165) is 35.5 Å². The summed E-state index contributed by atoms with van der Waals surface area (Å²) < 4.78 is 1.80. The largest absolute Gasteiger partial charge is 0.367 e. The van der Waals surface area contributed by atoms with Crippen LogP contribution in [0.25, 0.3) is 11.0 Å². The van der Waals surface area contributed by atoms with E-state index in [1.807, 2.05) is 13.2 Å². The highest BCUT2D eigenvalue weighted by Gasteiger charge is 2.13. The van der Waals surface area contributed by atoms with E-state index >= 15 is 0 Å². The van der Waals surface area contributed by atoms with Crippen LogP contribution < -0.4 is 5.32 Å². The molecule has 6 heteroatoms. The van der Waals surface area contributed by atoms with Crippen LogP contribution in [0.5, 0.6) is 0 Å². The maximum absolute atomic E-state index is 4.63. The lowest BCUT2D eigenvalue weighted by molar-refractivity contribution is 0.775. The van der Waals surface area contributed by atoms with Crippen LogP contribution >= 0.6 is 11.3 Å². The number of anilines is 1. The third-order valence-electron chi connectivity index (χ3n) is 3.43. The molecule has 0 radical (unpaired) electrons. The summed E-state index contributed by atoms with van der Waals surface area (Å²) in [5.74, 6) is 1.73. The molecule has 0 aromatic carbocycles. The monoisotopic (exact) mass is 301 g/mol. The van der Waals surface area contributed by atoms with Crippen molar-refractivity contribution in [3.63, 3.8) is 0 Å². The molecule has 110 valence electrons. The Kier molecular flexibility index (Phi) is 3.88. The Hall–Kier alpha value is -1.95. The summed E-state index contributed by atoms with van der Waals surface area (Å²) in [4.78, 5) is 10.6. The third-order valence-corrected chi connectivity index (χ3v) is 4.32. The quantitative estimate of drug-likeness (QED) is 0.787. The molecule has 0 aliphatic carbocycles. The van der Waals surface area contributed by atoms with Crippen LogP contribution in [0.2, 0.25) is 0 Å². The first-order chi connectivity index (χ1) is 10.2. The minimum Gasteiger partial charge on any atom is -0.367 e. The molecular formula is C15H19N5S. The average Bonchev–Trinajstić information content (AvgIpc) is 3.09. The smallest absolute Gasteiger partial charge is 0.163 e. The van der Waals surface area contributed by atoms with Gasteiger partial charge in [0.25, 0.3) is 0 Å². The van der Waals surface area contributed by atoms with Gasteiger partial charge in [0.15, 0.2) is 5.65 Å². The standard InChI is InChI=1S/C15H19N5S/c1-4-13-18-14(12-9-16-20(3)15(12)19-13)17-10(2)8-11-6-5-7-21-11/h5-7,9-10H,4,8H2,1-3H3,(H,17,18,19)/t10-/m1/s1. The predicted octanol–water partition coefficient (Wildman–Crippen LogP) is 3.03. The Morgan fingerprint density at radius 1 is 1.38 bits per heavy atom. The van der Waals surface area contributed by atoms with Crippen molar-refractivity contribution in [2.75, 3.05) is 5.32 Å². The third kappa shape index (κ3) is 2.90. The van der Waals surface area contributed by atoms with Crippen LogP contribution in [0.3, 0.4) is 0 Å². The van der Waals surface area contributed by atoms with Gasteiger partial charge in [-0.05, 0) is 18.4 Å². The number of fused-ring (bicyclic) bond motifs is 1. The second-order valence-corrected chi connectivity index (χ2v) is 6.21. The van der Waals surface area contributed by atoms with Gasteiger partial charge in [0.2, 0.25) is 0 Å². The molecule has 0 fully saturated rings. The molecule has 3 rings (SSSR count). The van der Waals surface area contributed by atoms with Gasteiger partial charge < -0.3 is 5.32 Å². The average molecular weight is 301 g/mol. The molecule has 0 aliphatic heterocycles. The minimum atomic E-state index is 0.312. The maximum Gasteiger partial charge on any atom is 0.163 e. The van der Waals surface area contributed by atoms with Crippen molar-refractivity contribution in [3.05, 3.63) is 34.4 Å². The van der Waals surface area contributed by atoms with Crippen molar-refractivity contribution in [2.24, 2.45) is 7.05 Å². The number of thiophene rings is 1. The summed E-state index contributed by atoms with van der Waals surface area (Å²) >= 11 is 1.79. The van der Waals surface area contributed by atoms with Crippen molar-refractivity contribution in [3.8, 4) is 0 Å². The Bertz CT molecular complexity index is 732. The Morgan fingerprint density at radius 2 is 2.24 bits per heavy atom. The molecule has 1 N–H and O–H groups in total. The van der Waals surface area contributed by atoms with Crippen molar-refractivity contribution < 1.29 is 0 Å². The number of nitrogens with zero attached hydrogens (tertiary/aromatic N) is 4. The second-order valence-electron chi connectivity index (χ2n) is 5.18. The summed E-state index contributed by atoms with van der Waals surface area (Å²) in [7, 11) is 1.91. The summed E-state index contributed by atoms with van der Waals surface area (Å²) in [6, 6.07) is 4.57. The summed E-state index contributed by atoms with van der Waals surface area (Å²) in [6.45, 7) is 4.24. The minimum absolute atomic E-state index is 0.312. The highest BCUT2D eigenvalue weighted by Crippen LogP contribution is 2.21. The molecule has 0 saturated heterocycles. The molecule has 5 nitrogen and oxygen atoms in total. The lowest BCUT2D eigenvalue weighted by atomic mass is 10.2. The summed E-state index contributed by atoms with van der Waals surface area (Å²) in [5.41, 5.74) is 0.882. The number of rotatable bonds is 5. The highest BCUT2D eigenvalue weighted by molar-refractivity contribution is 7.09. The van der Waals surface area contributed by atoms with Crippen molar-refractivity contribution in [1.82, 2.24) is 19.7 Å². The molecule has 3 aromatic heterocycles. The van der Waals surface area contributed by atoms with Gasteiger partial charge in [0.05, 0.1) is 11.6 Å². The van der Waals surface area contributed by atoms with Crippen LogP contribution in [0, 0.1) is 0 Å². The van der Waals surface area contributed by atoms with E-state index in [2.05, 4.69) is 51.7 Å². The Labute approximate surface area is 128 Å². The first-order valence-electron chi connectivity index (χ1n) is 7.15. The number of aryl methyl sites for hydroxylation is 2. The number of hydrogen-bond donors (Lipinski definition) is 1.